The molecule has 0 aliphatic heterocycles. The number of para-hydroxylation sites is 1. The molecule has 1 aromatic carbocycles. The van der Waals surface area contributed by atoms with Crippen LogP contribution in [0.2, 0.25) is 0 Å². The Morgan fingerprint density at radius 1 is 1.32 bits per heavy atom. The van der Waals surface area contributed by atoms with Crippen LogP contribution in [0, 0.1) is 5.41 Å². The zero-order valence-electron chi connectivity index (χ0n) is 11.9. The molecule has 0 saturated heterocycles. The Balaban J connectivity index is 2.01. The summed E-state index contributed by atoms with van der Waals surface area (Å²) >= 11 is 0. The van der Waals surface area contributed by atoms with Gasteiger partial charge in [0.1, 0.15) is 0 Å². The lowest BCUT2D eigenvalue weighted by Crippen LogP contribution is -2.30. The molecule has 3 heteroatoms. The number of hydrogen-bond donors (Lipinski definition) is 2. The molecule has 0 aromatic heterocycles. The largest absolute Gasteiger partial charge is 0.382 e. The summed E-state index contributed by atoms with van der Waals surface area (Å²) in [5.41, 5.74) is 7.83. The first-order valence-electron chi connectivity index (χ1n) is 7.09. The second-order valence-electron chi connectivity index (χ2n) is 6.38. The monoisotopic (exact) mass is 260 g/mol. The molecule has 0 heterocycles. The van der Waals surface area contributed by atoms with Gasteiger partial charge in [0.25, 0.3) is 0 Å². The Hall–Kier alpha value is -1.51. The van der Waals surface area contributed by atoms with Crippen molar-refractivity contribution in [2.75, 3.05) is 5.32 Å². The lowest BCUT2D eigenvalue weighted by atomic mass is 9.75. The molecule has 1 aromatic rings. The van der Waals surface area contributed by atoms with Crippen LogP contribution in [0.4, 0.5) is 5.69 Å². The topological polar surface area (TPSA) is 55.1 Å². The van der Waals surface area contributed by atoms with Gasteiger partial charge in [0.15, 0.2) is 0 Å². The average Bonchev–Trinajstić information content (AvgIpc) is 2.33. The van der Waals surface area contributed by atoms with E-state index >= 15 is 0 Å². The zero-order chi connectivity index (χ0) is 13.9. The molecule has 3 nitrogen and oxygen atoms in total. The third-order valence-corrected chi connectivity index (χ3v) is 4.08. The zero-order valence-corrected chi connectivity index (χ0v) is 11.9. The van der Waals surface area contributed by atoms with Crippen LogP contribution in [-0.2, 0) is 11.2 Å². The molecule has 3 N–H and O–H groups in total. The number of primary amides is 1. The molecular formula is C16H24N2O. The lowest BCUT2D eigenvalue weighted by molar-refractivity contribution is -0.117. The van der Waals surface area contributed by atoms with Crippen LogP contribution in [-0.4, -0.2) is 11.9 Å². The van der Waals surface area contributed by atoms with Crippen molar-refractivity contribution >= 4 is 11.6 Å². The van der Waals surface area contributed by atoms with Crippen LogP contribution in [0.25, 0.3) is 0 Å². The smallest absolute Gasteiger partial charge is 0.221 e. The minimum Gasteiger partial charge on any atom is -0.382 e. The summed E-state index contributed by atoms with van der Waals surface area (Å²) in [5.74, 6) is -0.279. The average molecular weight is 260 g/mol. The summed E-state index contributed by atoms with van der Waals surface area (Å²) in [6.07, 6.45) is 5.20. The Bertz CT molecular complexity index is 444. The first-order chi connectivity index (χ1) is 8.96. The number of nitrogens with two attached hydrogens (primary N) is 1. The van der Waals surface area contributed by atoms with Crippen LogP contribution in [0.1, 0.15) is 45.1 Å². The van der Waals surface area contributed by atoms with Crippen molar-refractivity contribution in [3.8, 4) is 0 Å². The van der Waals surface area contributed by atoms with Crippen LogP contribution in [0.3, 0.4) is 0 Å². The Labute approximate surface area is 115 Å². The van der Waals surface area contributed by atoms with Gasteiger partial charge in [0.05, 0.1) is 6.42 Å². The van der Waals surface area contributed by atoms with Gasteiger partial charge in [0.2, 0.25) is 5.91 Å². The van der Waals surface area contributed by atoms with Crippen LogP contribution >= 0.6 is 0 Å². The van der Waals surface area contributed by atoms with E-state index < -0.39 is 0 Å². The van der Waals surface area contributed by atoms with Crippen molar-refractivity contribution in [1.29, 1.82) is 0 Å². The first kappa shape index (κ1) is 13.9. The van der Waals surface area contributed by atoms with Gasteiger partial charge in [-0.25, -0.2) is 0 Å². The van der Waals surface area contributed by atoms with Crippen LogP contribution in [0.5, 0.6) is 0 Å². The van der Waals surface area contributed by atoms with Gasteiger partial charge in [-0.2, -0.15) is 0 Å². The third-order valence-electron chi connectivity index (χ3n) is 4.08. The summed E-state index contributed by atoms with van der Waals surface area (Å²) in [5, 5.41) is 3.58. The molecule has 0 spiro atoms. The van der Waals surface area contributed by atoms with Gasteiger partial charge in [0, 0.05) is 11.7 Å². The highest BCUT2D eigenvalue weighted by molar-refractivity contribution is 5.78. The Morgan fingerprint density at radius 3 is 2.58 bits per heavy atom. The van der Waals surface area contributed by atoms with Gasteiger partial charge in [-0.1, -0.05) is 32.0 Å². The van der Waals surface area contributed by atoms with Crippen molar-refractivity contribution in [2.24, 2.45) is 11.1 Å². The van der Waals surface area contributed by atoms with E-state index in [1.807, 2.05) is 24.3 Å². The van der Waals surface area contributed by atoms with E-state index in [2.05, 4.69) is 19.2 Å². The van der Waals surface area contributed by atoms with E-state index in [0.29, 0.717) is 17.9 Å². The maximum atomic E-state index is 11.1. The fourth-order valence-corrected chi connectivity index (χ4v) is 2.77. The molecular weight excluding hydrogens is 236 g/mol. The molecule has 2 rings (SSSR count). The summed E-state index contributed by atoms with van der Waals surface area (Å²) in [7, 11) is 0. The second-order valence-corrected chi connectivity index (χ2v) is 6.38. The summed E-state index contributed by atoms with van der Waals surface area (Å²) in [4.78, 5) is 11.1. The summed E-state index contributed by atoms with van der Waals surface area (Å²) in [6, 6.07) is 8.48. The molecule has 0 atom stereocenters. The highest BCUT2D eigenvalue weighted by Gasteiger charge is 2.26. The molecule has 1 aliphatic rings. The summed E-state index contributed by atoms with van der Waals surface area (Å²) in [6.45, 7) is 4.68. The predicted molar refractivity (Wildman–Crippen MR) is 79.0 cm³/mol. The van der Waals surface area contributed by atoms with Crippen LogP contribution < -0.4 is 11.1 Å². The van der Waals surface area contributed by atoms with E-state index in [1.165, 1.54) is 25.7 Å². The predicted octanol–water partition coefficient (Wildman–Crippen LogP) is 3.10. The molecule has 1 fully saturated rings. The van der Waals surface area contributed by atoms with E-state index in [0.717, 1.165) is 11.3 Å². The minimum absolute atomic E-state index is 0.279. The normalized spacial score (nSPS) is 19.1. The maximum absolute atomic E-state index is 11.1. The number of carbonyl (C=O) groups is 1. The molecule has 1 aliphatic carbocycles. The molecule has 1 saturated carbocycles. The number of benzene rings is 1. The highest BCUT2D eigenvalue weighted by Crippen LogP contribution is 2.36. The number of rotatable bonds is 4. The quantitative estimate of drug-likeness (QED) is 0.874. The number of carbonyl (C=O) groups excluding carboxylic acids is 1. The van der Waals surface area contributed by atoms with Crippen LogP contribution in [0.15, 0.2) is 24.3 Å². The maximum Gasteiger partial charge on any atom is 0.221 e. The fourth-order valence-electron chi connectivity index (χ4n) is 2.77. The SMILES string of the molecule is CC1(C)CCC(Nc2ccccc2CC(N)=O)CC1. The molecule has 1 amide bonds. The molecule has 0 bridgehead atoms. The molecule has 0 unspecified atom stereocenters. The number of nitrogens with one attached hydrogen (secondary N) is 1. The van der Waals surface area contributed by atoms with Gasteiger partial charge in [-0.3, -0.25) is 4.79 Å². The van der Waals surface area contributed by atoms with Gasteiger partial charge < -0.3 is 11.1 Å². The van der Waals surface area contributed by atoms with Gasteiger partial charge in [-0.05, 0) is 42.7 Å². The van der Waals surface area contributed by atoms with Gasteiger partial charge in [-0.15, -0.1) is 0 Å². The number of anilines is 1. The van der Waals surface area contributed by atoms with E-state index in [9.17, 15) is 4.79 Å². The summed E-state index contributed by atoms with van der Waals surface area (Å²) < 4.78 is 0. The van der Waals surface area contributed by atoms with E-state index in [1.54, 1.807) is 0 Å². The van der Waals surface area contributed by atoms with Gasteiger partial charge >= 0.3 is 0 Å². The number of amides is 1. The minimum atomic E-state index is -0.279. The fraction of sp³-hybridized carbons (Fsp3) is 0.562. The molecule has 19 heavy (non-hydrogen) atoms. The Kier molecular flexibility index (Phi) is 4.13. The van der Waals surface area contributed by atoms with E-state index in [-0.39, 0.29) is 5.91 Å². The highest BCUT2D eigenvalue weighted by atomic mass is 16.1. The van der Waals surface area contributed by atoms with Crippen molar-refractivity contribution in [3.05, 3.63) is 29.8 Å². The van der Waals surface area contributed by atoms with E-state index in [4.69, 9.17) is 5.73 Å². The van der Waals surface area contributed by atoms with Crippen molar-refractivity contribution in [1.82, 2.24) is 0 Å². The third kappa shape index (κ3) is 3.98. The molecule has 104 valence electrons. The standard InChI is InChI=1S/C16H24N2O/c1-16(2)9-7-13(8-10-16)18-14-6-4-3-5-12(14)11-15(17)19/h3-6,13,18H,7-11H2,1-2H3,(H2,17,19). The lowest BCUT2D eigenvalue weighted by Gasteiger charge is -2.35. The van der Waals surface area contributed by atoms with Crippen molar-refractivity contribution < 1.29 is 4.79 Å². The number of hydrogen-bond acceptors (Lipinski definition) is 2. The second kappa shape index (κ2) is 5.64. The van der Waals surface area contributed by atoms with Crippen molar-refractivity contribution in [2.45, 2.75) is 52.0 Å². The molecule has 0 radical (unpaired) electrons. The van der Waals surface area contributed by atoms with Crippen molar-refractivity contribution in [3.63, 3.8) is 0 Å². The Morgan fingerprint density at radius 2 is 1.95 bits per heavy atom. The first-order valence-corrected chi connectivity index (χ1v) is 7.09.